The van der Waals surface area contributed by atoms with Gasteiger partial charge in [0.15, 0.2) is 0 Å². The van der Waals surface area contributed by atoms with E-state index in [0.29, 0.717) is 23.1 Å². The number of ketones is 1. The minimum Gasteiger partial charge on any atom is -0.493 e. The molecule has 0 saturated heterocycles. The standard InChI is InChI=1S/C30H31F2NO5/c1-15-6-21(37-5-4-20(36)13-34)7-16(2)28(15)22-9-19(25(31)11-26(22)32)14-38-27-10-18-8-23-29(17(3)35)30(23)24(18)12-33-27/h6-7,9-12,20,23,29-30,34,36H,4-5,8,13-14H2,1-3H3/t20-,23+,29+,30-/m1/s1. The molecule has 0 spiro atoms. The fraction of sp³-hybridized carbons (Fsp3) is 0.400. The summed E-state index contributed by atoms with van der Waals surface area (Å²) in [6.45, 7) is 5.07. The summed E-state index contributed by atoms with van der Waals surface area (Å²) in [5, 5.41) is 18.4. The van der Waals surface area contributed by atoms with E-state index in [4.69, 9.17) is 14.6 Å². The van der Waals surface area contributed by atoms with Gasteiger partial charge in [0.2, 0.25) is 5.88 Å². The quantitative estimate of drug-likeness (QED) is 0.396. The van der Waals surface area contributed by atoms with Gasteiger partial charge in [-0.15, -0.1) is 0 Å². The third-order valence-corrected chi connectivity index (χ3v) is 7.67. The second-order valence-corrected chi connectivity index (χ2v) is 10.4. The van der Waals surface area contributed by atoms with Gasteiger partial charge in [0.1, 0.15) is 29.8 Å². The molecule has 2 aromatic carbocycles. The highest BCUT2D eigenvalue weighted by molar-refractivity contribution is 5.84. The van der Waals surface area contributed by atoms with Crippen molar-refractivity contribution in [3.8, 4) is 22.8 Å². The van der Waals surface area contributed by atoms with Crippen molar-refractivity contribution in [3.63, 3.8) is 0 Å². The first-order valence-corrected chi connectivity index (χ1v) is 12.8. The predicted molar refractivity (Wildman–Crippen MR) is 137 cm³/mol. The van der Waals surface area contributed by atoms with Crippen LogP contribution in [-0.4, -0.2) is 40.3 Å². The van der Waals surface area contributed by atoms with Gasteiger partial charge in [-0.25, -0.2) is 13.8 Å². The number of aromatic nitrogens is 1. The molecule has 1 fully saturated rings. The van der Waals surface area contributed by atoms with E-state index in [9.17, 15) is 18.7 Å². The van der Waals surface area contributed by atoms with Crippen LogP contribution in [0.5, 0.6) is 11.6 Å². The molecule has 1 heterocycles. The molecule has 0 aliphatic heterocycles. The number of carbonyl (C=O) groups excluding carboxylic acids is 1. The summed E-state index contributed by atoms with van der Waals surface area (Å²) in [6, 6.07) is 7.73. The van der Waals surface area contributed by atoms with Crippen LogP contribution in [0.25, 0.3) is 11.1 Å². The second-order valence-electron chi connectivity index (χ2n) is 10.4. The van der Waals surface area contributed by atoms with Crippen LogP contribution in [0, 0.1) is 37.3 Å². The Morgan fingerprint density at radius 3 is 2.53 bits per heavy atom. The number of aryl methyl sites for hydroxylation is 2. The Kier molecular flexibility index (Phi) is 7.20. The summed E-state index contributed by atoms with van der Waals surface area (Å²) in [7, 11) is 0. The zero-order valence-electron chi connectivity index (χ0n) is 21.6. The van der Waals surface area contributed by atoms with Crippen LogP contribution in [-0.2, 0) is 17.8 Å². The summed E-state index contributed by atoms with van der Waals surface area (Å²) in [5.41, 5.74) is 4.83. The van der Waals surface area contributed by atoms with Crippen LogP contribution >= 0.6 is 0 Å². The fourth-order valence-electron chi connectivity index (χ4n) is 5.79. The summed E-state index contributed by atoms with van der Waals surface area (Å²) in [5.74, 6) is 0.504. The minimum absolute atomic E-state index is 0.106. The average Bonchev–Trinajstić information content (AvgIpc) is 3.46. The number of rotatable bonds is 10. The van der Waals surface area contributed by atoms with E-state index < -0.39 is 17.7 Å². The smallest absolute Gasteiger partial charge is 0.213 e. The number of carbonyl (C=O) groups is 1. The molecule has 0 unspecified atom stereocenters. The lowest BCUT2D eigenvalue weighted by Gasteiger charge is -2.16. The minimum atomic E-state index is -0.845. The summed E-state index contributed by atoms with van der Waals surface area (Å²) < 4.78 is 41.2. The maximum atomic E-state index is 14.9. The van der Waals surface area contributed by atoms with Crippen molar-refractivity contribution in [2.75, 3.05) is 13.2 Å². The van der Waals surface area contributed by atoms with Crippen molar-refractivity contribution < 1.29 is 33.3 Å². The Labute approximate surface area is 220 Å². The first-order chi connectivity index (χ1) is 18.2. The molecule has 4 atom stereocenters. The van der Waals surface area contributed by atoms with E-state index in [-0.39, 0.29) is 55.0 Å². The molecule has 2 N–H and O–H groups in total. The number of pyridine rings is 1. The monoisotopic (exact) mass is 523 g/mol. The Hall–Kier alpha value is -3.36. The van der Waals surface area contributed by atoms with E-state index in [1.165, 1.54) is 6.07 Å². The molecule has 200 valence electrons. The SMILES string of the molecule is CC(=O)[C@H]1[C@@H]2Cc3cc(OCc4cc(-c5c(C)cc(OCC[C@@H](O)CO)cc5C)c(F)cc4F)ncc3[C@@H]21. The predicted octanol–water partition coefficient (Wildman–Crippen LogP) is 4.82. The molecular formula is C30H31F2NO5. The molecule has 1 saturated carbocycles. The number of fused-ring (bicyclic) bond motifs is 3. The Morgan fingerprint density at radius 1 is 1.11 bits per heavy atom. The van der Waals surface area contributed by atoms with Crippen molar-refractivity contribution in [3.05, 3.63) is 76.0 Å². The lowest BCUT2D eigenvalue weighted by molar-refractivity contribution is -0.118. The number of aliphatic hydroxyl groups is 2. The summed E-state index contributed by atoms with van der Waals surface area (Å²) >= 11 is 0. The number of hydrogen-bond acceptors (Lipinski definition) is 6. The molecule has 1 aromatic heterocycles. The molecule has 0 radical (unpaired) electrons. The van der Waals surface area contributed by atoms with E-state index in [1.807, 2.05) is 19.9 Å². The van der Waals surface area contributed by atoms with E-state index >= 15 is 0 Å². The number of nitrogens with zero attached hydrogens (tertiary/aromatic N) is 1. The van der Waals surface area contributed by atoms with Crippen LogP contribution in [0.1, 0.15) is 47.1 Å². The third-order valence-electron chi connectivity index (χ3n) is 7.67. The van der Waals surface area contributed by atoms with Gasteiger partial charge in [-0.05, 0) is 85.0 Å². The second kappa shape index (κ2) is 10.4. The van der Waals surface area contributed by atoms with Crippen molar-refractivity contribution in [2.45, 2.75) is 52.2 Å². The maximum absolute atomic E-state index is 14.9. The molecule has 0 amide bonds. The van der Waals surface area contributed by atoms with Crippen LogP contribution in [0.4, 0.5) is 8.78 Å². The lowest BCUT2D eigenvalue weighted by atomic mass is 9.93. The third kappa shape index (κ3) is 5.02. The first kappa shape index (κ1) is 26.3. The number of ether oxygens (including phenoxy) is 2. The molecule has 5 rings (SSSR count). The molecule has 8 heteroatoms. The number of Topliss-reactive ketones (excluding diaryl/α,β-unsaturated/α-hetero) is 1. The van der Waals surface area contributed by atoms with E-state index in [1.54, 1.807) is 25.3 Å². The molecule has 3 aromatic rings. The van der Waals surface area contributed by atoms with Crippen molar-refractivity contribution >= 4 is 5.78 Å². The van der Waals surface area contributed by atoms with Crippen molar-refractivity contribution in [1.82, 2.24) is 4.98 Å². The lowest BCUT2D eigenvalue weighted by Crippen LogP contribution is -2.15. The van der Waals surface area contributed by atoms with E-state index in [0.717, 1.165) is 34.7 Å². The first-order valence-electron chi connectivity index (χ1n) is 12.8. The Morgan fingerprint density at radius 2 is 1.84 bits per heavy atom. The van der Waals surface area contributed by atoms with Crippen molar-refractivity contribution in [1.29, 1.82) is 0 Å². The van der Waals surface area contributed by atoms with Gasteiger partial charge in [-0.1, -0.05) is 0 Å². The topological polar surface area (TPSA) is 88.9 Å². The van der Waals surface area contributed by atoms with Gasteiger partial charge >= 0.3 is 0 Å². The van der Waals surface area contributed by atoms with Crippen LogP contribution in [0.2, 0.25) is 0 Å². The van der Waals surface area contributed by atoms with E-state index in [2.05, 4.69) is 4.98 Å². The Bertz CT molecular complexity index is 1370. The van der Waals surface area contributed by atoms with Gasteiger partial charge in [-0.3, -0.25) is 4.79 Å². The van der Waals surface area contributed by atoms with Crippen molar-refractivity contribution in [2.24, 2.45) is 11.8 Å². The number of benzene rings is 2. The number of aliphatic hydroxyl groups excluding tert-OH is 2. The molecule has 0 bridgehead atoms. The van der Waals surface area contributed by atoms with Gasteiger partial charge in [0.05, 0.1) is 19.3 Å². The molecule has 38 heavy (non-hydrogen) atoms. The largest absolute Gasteiger partial charge is 0.493 e. The number of halogens is 2. The normalized spacial score (nSPS) is 20.0. The zero-order chi connectivity index (χ0) is 27.1. The fourth-order valence-corrected chi connectivity index (χ4v) is 5.79. The highest BCUT2D eigenvalue weighted by atomic mass is 19.1. The molecular weight excluding hydrogens is 492 g/mol. The highest BCUT2D eigenvalue weighted by Crippen LogP contribution is 2.61. The molecule has 6 nitrogen and oxygen atoms in total. The average molecular weight is 524 g/mol. The van der Waals surface area contributed by atoms with Gasteiger partial charge in [0.25, 0.3) is 0 Å². The van der Waals surface area contributed by atoms with Gasteiger partial charge in [0, 0.05) is 41.8 Å². The van der Waals surface area contributed by atoms with Crippen LogP contribution in [0.3, 0.4) is 0 Å². The number of hydrogen-bond donors (Lipinski definition) is 2. The summed E-state index contributed by atoms with van der Waals surface area (Å²) in [4.78, 5) is 16.1. The van der Waals surface area contributed by atoms with Gasteiger partial charge in [-0.2, -0.15) is 0 Å². The Balaban J connectivity index is 1.31. The molecule has 2 aliphatic carbocycles. The van der Waals surface area contributed by atoms with Crippen LogP contribution in [0.15, 0.2) is 36.5 Å². The highest BCUT2D eigenvalue weighted by Gasteiger charge is 2.58. The van der Waals surface area contributed by atoms with Gasteiger partial charge < -0.3 is 19.7 Å². The maximum Gasteiger partial charge on any atom is 0.213 e. The summed E-state index contributed by atoms with van der Waals surface area (Å²) in [6.07, 6.45) is 2.01. The zero-order valence-corrected chi connectivity index (χ0v) is 21.6. The molecule has 2 aliphatic rings. The van der Waals surface area contributed by atoms with Crippen LogP contribution < -0.4 is 9.47 Å².